The van der Waals surface area contributed by atoms with Gasteiger partial charge < -0.3 is 24.8 Å². The Balaban J connectivity index is 2.21. The summed E-state index contributed by atoms with van der Waals surface area (Å²) in [5.41, 5.74) is 1.18. The maximum Gasteiger partial charge on any atom is 0.378 e. The van der Waals surface area contributed by atoms with Gasteiger partial charge in [-0.15, -0.1) is 0 Å². The summed E-state index contributed by atoms with van der Waals surface area (Å²) in [6, 6.07) is 0. The van der Waals surface area contributed by atoms with Crippen molar-refractivity contribution in [3.8, 4) is 0 Å². The van der Waals surface area contributed by atoms with E-state index in [0.717, 1.165) is 30.6 Å². The highest BCUT2D eigenvalue weighted by Crippen LogP contribution is 2.25. The van der Waals surface area contributed by atoms with Gasteiger partial charge in [0.2, 0.25) is 5.76 Å². The third-order valence-corrected chi connectivity index (χ3v) is 6.26. The molecule has 0 aliphatic carbocycles. The molecule has 0 saturated heterocycles. The lowest BCUT2D eigenvalue weighted by molar-refractivity contribution is -0.148. The van der Waals surface area contributed by atoms with E-state index in [1.807, 2.05) is 13.0 Å². The number of hydrogen-bond donors (Lipinski definition) is 3. The lowest BCUT2D eigenvalue weighted by atomic mass is 9.91. The van der Waals surface area contributed by atoms with Crippen LogP contribution >= 0.6 is 0 Å². The molecule has 1 aliphatic heterocycles. The Morgan fingerprint density at radius 3 is 2.16 bits per heavy atom. The smallest absolute Gasteiger partial charge is 0.378 e. The van der Waals surface area contributed by atoms with Gasteiger partial charge in [-0.05, 0) is 43.6 Å². The molecule has 1 rings (SSSR count). The third kappa shape index (κ3) is 10.9. The van der Waals surface area contributed by atoms with Crippen LogP contribution in [0.3, 0.4) is 0 Å². The molecule has 0 spiro atoms. The lowest BCUT2D eigenvalue weighted by Gasteiger charge is -2.15. The molecule has 3 N–H and O–H groups in total. The molecule has 186 valence electrons. The van der Waals surface area contributed by atoms with Crippen LogP contribution < -0.4 is 0 Å². The van der Waals surface area contributed by atoms with Gasteiger partial charge in [0.25, 0.3) is 0 Å². The molecule has 0 amide bonds. The molecule has 4 atom stereocenters. The fraction of sp³-hybridized carbons (Fsp3) is 0.808. The maximum atomic E-state index is 11.8. The molecule has 0 bridgehead atoms. The number of ether oxygens (including phenoxy) is 2. The molecule has 0 aromatic carbocycles. The number of rotatable bonds is 17. The van der Waals surface area contributed by atoms with E-state index in [1.54, 1.807) is 0 Å². The van der Waals surface area contributed by atoms with Crippen molar-refractivity contribution in [2.75, 3.05) is 13.2 Å². The number of carbonyl (C=O) groups is 1. The van der Waals surface area contributed by atoms with E-state index in [9.17, 15) is 15.0 Å². The molecule has 0 saturated carbocycles. The average Bonchev–Trinajstić information content (AvgIpc) is 3.01. The van der Waals surface area contributed by atoms with Crippen LogP contribution in [0.2, 0.25) is 0 Å². The van der Waals surface area contributed by atoms with Crippen LogP contribution in [0, 0.1) is 17.8 Å². The minimum absolute atomic E-state index is 0.145. The number of aliphatic hydroxyl groups is 3. The first-order valence-corrected chi connectivity index (χ1v) is 12.4. The molecule has 2 unspecified atom stereocenters. The summed E-state index contributed by atoms with van der Waals surface area (Å²) in [5.74, 6) is 0.790. The van der Waals surface area contributed by atoms with Crippen molar-refractivity contribution in [3.63, 3.8) is 0 Å². The Kier molecular flexibility index (Phi) is 13.7. The van der Waals surface area contributed by atoms with Crippen LogP contribution in [-0.4, -0.2) is 46.7 Å². The van der Waals surface area contributed by atoms with Crippen molar-refractivity contribution < 1.29 is 29.6 Å². The largest absolute Gasteiger partial charge is 0.505 e. The Morgan fingerprint density at radius 1 is 1.03 bits per heavy atom. The van der Waals surface area contributed by atoms with Crippen LogP contribution in [0.25, 0.3) is 0 Å². The van der Waals surface area contributed by atoms with Crippen LogP contribution in [0.5, 0.6) is 0 Å². The minimum Gasteiger partial charge on any atom is -0.505 e. The second kappa shape index (κ2) is 15.3. The summed E-state index contributed by atoms with van der Waals surface area (Å²) in [6.45, 7) is 10.9. The van der Waals surface area contributed by atoms with Gasteiger partial charge in [-0.1, -0.05) is 78.2 Å². The molecule has 0 radical (unpaired) electrons. The van der Waals surface area contributed by atoms with E-state index in [-0.39, 0.29) is 12.4 Å². The van der Waals surface area contributed by atoms with Crippen LogP contribution in [0.1, 0.15) is 92.4 Å². The highest BCUT2D eigenvalue weighted by Gasteiger charge is 2.40. The van der Waals surface area contributed by atoms with Gasteiger partial charge in [-0.3, -0.25) is 0 Å². The van der Waals surface area contributed by atoms with Crippen molar-refractivity contribution in [1.82, 2.24) is 0 Å². The summed E-state index contributed by atoms with van der Waals surface area (Å²) >= 11 is 0. The Hall–Kier alpha value is -1.53. The summed E-state index contributed by atoms with van der Waals surface area (Å²) in [7, 11) is 0. The van der Waals surface area contributed by atoms with E-state index in [2.05, 4.69) is 27.7 Å². The summed E-state index contributed by atoms with van der Waals surface area (Å²) in [4.78, 5) is 11.8. The number of aliphatic hydroxyl groups excluding tert-OH is 3. The number of allylic oxidation sites excluding steroid dienone is 1. The van der Waals surface area contributed by atoms with E-state index in [0.29, 0.717) is 0 Å². The van der Waals surface area contributed by atoms with E-state index in [1.165, 1.54) is 50.5 Å². The lowest BCUT2D eigenvalue weighted by Crippen LogP contribution is -2.31. The summed E-state index contributed by atoms with van der Waals surface area (Å²) in [5, 5.41) is 28.5. The van der Waals surface area contributed by atoms with Gasteiger partial charge in [0, 0.05) is 0 Å². The Labute approximate surface area is 194 Å². The highest BCUT2D eigenvalue weighted by atomic mass is 16.6. The first-order chi connectivity index (χ1) is 15.1. The quantitative estimate of drug-likeness (QED) is 0.200. The number of hydrogen-bond acceptors (Lipinski definition) is 6. The van der Waals surface area contributed by atoms with Gasteiger partial charge in [-0.2, -0.15) is 0 Å². The monoisotopic (exact) mass is 454 g/mol. The predicted molar refractivity (Wildman–Crippen MR) is 127 cm³/mol. The average molecular weight is 455 g/mol. The zero-order chi connectivity index (χ0) is 24.1. The predicted octanol–water partition coefficient (Wildman–Crippen LogP) is 5.44. The second-order valence-corrected chi connectivity index (χ2v) is 10.0. The van der Waals surface area contributed by atoms with E-state index in [4.69, 9.17) is 14.6 Å². The molecule has 1 heterocycles. The normalized spacial score (nSPS) is 19.9. The molecule has 0 aromatic rings. The van der Waals surface area contributed by atoms with Crippen LogP contribution in [0.4, 0.5) is 0 Å². The zero-order valence-corrected chi connectivity index (χ0v) is 20.8. The third-order valence-electron chi connectivity index (χ3n) is 6.26. The molecule has 6 heteroatoms. The minimum atomic E-state index is -1.37. The first kappa shape index (κ1) is 28.5. The second-order valence-electron chi connectivity index (χ2n) is 10.0. The van der Waals surface area contributed by atoms with Crippen molar-refractivity contribution in [1.29, 1.82) is 0 Å². The maximum absolute atomic E-state index is 11.8. The van der Waals surface area contributed by atoms with Crippen molar-refractivity contribution in [2.24, 2.45) is 17.8 Å². The van der Waals surface area contributed by atoms with Gasteiger partial charge >= 0.3 is 5.97 Å². The Morgan fingerprint density at radius 2 is 1.59 bits per heavy atom. The molecule has 32 heavy (non-hydrogen) atoms. The Bertz CT molecular complexity index is 609. The van der Waals surface area contributed by atoms with Crippen LogP contribution in [-0.2, 0) is 14.3 Å². The summed E-state index contributed by atoms with van der Waals surface area (Å²) < 4.78 is 10.2. The SMILES string of the molecule is CC(=CCOC1=C(O)[C@@H]([C@@H](O)CO)OC1=O)CCCC(C)CCCC(C)CCCC(C)C. The fourth-order valence-electron chi connectivity index (χ4n) is 4.02. The van der Waals surface area contributed by atoms with Gasteiger partial charge in [-0.25, -0.2) is 4.79 Å². The van der Waals surface area contributed by atoms with E-state index < -0.39 is 30.5 Å². The molecule has 0 fully saturated rings. The zero-order valence-electron chi connectivity index (χ0n) is 20.8. The van der Waals surface area contributed by atoms with Crippen molar-refractivity contribution >= 4 is 5.97 Å². The molecule has 1 aliphatic rings. The number of carbonyl (C=O) groups excluding carboxylic acids is 1. The van der Waals surface area contributed by atoms with Crippen molar-refractivity contribution in [2.45, 2.75) is 105 Å². The standard InChI is InChI=1S/C26H46O6/c1-18(2)9-6-10-19(3)11-7-12-20(4)13-8-14-21(5)15-16-31-25-23(29)24(22(28)17-27)32-26(25)30/h15,18-20,22,24,27-29H,6-14,16-17H2,1-5H3/t19?,20?,22-,24+/m0/s1. The fourth-order valence-corrected chi connectivity index (χ4v) is 4.02. The summed E-state index contributed by atoms with van der Waals surface area (Å²) in [6.07, 6.45) is 10.5. The number of esters is 1. The molecule has 0 aromatic heterocycles. The highest BCUT2D eigenvalue weighted by molar-refractivity contribution is 5.89. The molecular weight excluding hydrogens is 408 g/mol. The van der Waals surface area contributed by atoms with Gasteiger partial charge in [0.05, 0.1) is 6.61 Å². The van der Waals surface area contributed by atoms with Gasteiger partial charge in [0.15, 0.2) is 11.9 Å². The first-order valence-electron chi connectivity index (χ1n) is 12.4. The van der Waals surface area contributed by atoms with E-state index >= 15 is 0 Å². The van der Waals surface area contributed by atoms with Gasteiger partial charge in [0.1, 0.15) is 12.7 Å². The van der Waals surface area contributed by atoms with Crippen molar-refractivity contribution in [3.05, 3.63) is 23.2 Å². The number of cyclic esters (lactones) is 1. The molecule has 6 nitrogen and oxygen atoms in total. The topological polar surface area (TPSA) is 96.2 Å². The van der Waals surface area contributed by atoms with Crippen LogP contribution in [0.15, 0.2) is 23.2 Å². The molecular formula is C26H46O6.